The molecule has 0 saturated heterocycles. The molecular formula is C27H23F3N2O3. The lowest BCUT2D eigenvalue weighted by Crippen LogP contribution is -2.34. The number of amides is 2. The van der Waals surface area contributed by atoms with Crippen molar-refractivity contribution in [2.45, 2.75) is 25.9 Å². The first kappa shape index (κ1) is 23.9. The molecule has 1 aromatic heterocycles. The van der Waals surface area contributed by atoms with Gasteiger partial charge >= 0.3 is 12.2 Å². The van der Waals surface area contributed by atoms with E-state index in [0.29, 0.717) is 18.1 Å². The van der Waals surface area contributed by atoms with Crippen LogP contribution in [0, 0.1) is 0 Å². The van der Waals surface area contributed by atoms with E-state index in [1.165, 1.54) is 29.4 Å². The number of hydrogen-bond donors (Lipinski definition) is 1. The summed E-state index contributed by atoms with van der Waals surface area (Å²) in [5.41, 5.74) is 0.540. The van der Waals surface area contributed by atoms with Gasteiger partial charge in [-0.1, -0.05) is 54.6 Å². The van der Waals surface area contributed by atoms with Gasteiger partial charge in [0, 0.05) is 6.54 Å². The Morgan fingerprint density at radius 2 is 1.60 bits per heavy atom. The molecule has 0 atom stereocenters. The van der Waals surface area contributed by atoms with E-state index in [1.807, 2.05) is 42.5 Å². The molecular weight excluding hydrogens is 457 g/mol. The molecule has 180 valence electrons. The lowest BCUT2D eigenvalue weighted by molar-refractivity contribution is -0.136. The minimum absolute atomic E-state index is 0.0715. The number of anilines is 1. The third-order valence-electron chi connectivity index (χ3n) is 5.21. The van der Waals surface area contributed by atoms with Crippen molar-refractivity contribution < 1.29 is 27.1 Å². The van der Waals surface area contributed by atoms with Crippen molar-refractivity contribution in [3.63, 3.8) is 0 Å². The summed E-state index contributed by atoms with van der Waals surface area (Å²) in [4.78, 5) is 14.5. The summed E-state index contributed by atoms with van der Waals surface area (Å²) in [5.74, 6) is 1.12. The number of hydrogen-bond acceptors (Lipinski definition) is 3. The maximum Gasteiger partial charge on any atom is 0.418 e. The van der Waals surface area contributed by atoms with Crippen LogP contribution in [0.3, 0.4) is 0 Å². The molecule has 0 fully saturated rings. The van der Waals surface area contributed by atoms with Crippen molar-refractivity contribution in [2.75, 3.05) is 5.32 Å². The molecule has 0 aliphatic carbocycles. The summed E-state index contributed by atoms with van der Waals surface area (Å²) in [6.45, 7) is 0.584. The Morgan fingerprint density at radius 3 is 2.34 bits per heavy atom. The fraction of sp³-hybridized carbons (Fsp3) is 0.148. The van der Waals surface area contributed by atoms with Crippen molar-refractivity contribution >= 4 is 11.7 Å². The van der Waals surface area contributed by atoms with Gasteiger partial charge in [-0.3, -0.25) is 0 Å². The second kappa shape index (κ2) is 10.8. The zero-order valence-electron chi connectivity index (χ0n) is 18.7. The summed E-state index contributed by atoms with van der Waals surface area (Å²) >= 11 is 0. The molecule has 35 heavy (non-hydrogen) atoms. The number of carbonyl (C=O) groups excluding carboxylic acids is 1. The first-order chi connectivity index (χ1) is 16.9. The summed E-state index contributed by atoms with van der Waals surface area (Å²) < 4.78 is 51.4. The summed E-state index contributed by atoms with van der Waals surface area (Å²) in [5, 5.41) is 2.41. The molecule has 0 unspecified atom stereocenters. The molecule has 8 heteroatoms. The largest absolute Gasteiger partial charge is 0.489 e. The molecule has 0 radical (unpaired) electrons. The molecule has 0 spiro atoms. The van der Waals surface area contributed by atoms with Gasteiger partial charge in [0.25, 0.3) is 0 Å². The van der Waals surface area contributed by atoms with Crippen LogP contribution in [0.15, 0.2) is 102 Å². The van der Waals surface area contributed by atoms with Crippen molar-refractivity contribution in [2.24, 2.45) is 0 Å². The van der Waals surface area contributed by atoms with Crippen molar-refractivity contribution in [1.82, 2.24) is 4.90 Å². The number of ether oxygens (including phenoxy) is 1. The minimum Gasteiger partial charge on any atom is -0.489 e. The smallest absolute Gasteiger partial charge is 0.418 e. The quantitative estimate of drug-likeness (QED) is 0.292. The molecule has 2 amide bonds. The predicted octanol–water partition coefficient (Wildman–Crippen LogP) is 7.11. The lowest BCUT2D eigenvalue weighted by atomic mass is 10.1. The van der Waals surface area contributed by atoms with Gasteiger partial charge in [-0.2, -0.15) is 13.2 Å². The fourth-order valence-electron chi connectivity index (χ4n) is 3.52. The number of nitrogens with zero attached hydrogens (tertiary/aromatic N) is 1. The van der Waals surface area contributed by atoms with Crippen LogP contribution in [0.4, 0.5) is 23.7 Å². The maximum atomic E-state index is 13.4. The summed E-state index contributed by atoms with van der Waals surface area (Å²) in [6.07, 6.45) is -3.12. The SMILES string of the molecule is O=C(Nc1ccccc1C(F)(F)F)N(Cc1cccc(OCc2ccccc2)c1)Cc1ccco1. The van der Waals surface area contributed by atoms with E-state index in [2.05, 4.69) is 5.32 Å². The number of furan rings is 1. The molecule has 4 rings (SSSR count). The Bertz CT molecular complexity index is 1240. The van der Waals surface area contributed by atoms with E-state index in [0.717, 1.165) is 17.2 Å². The number of urea groups is 1. The Balaban J connectivity index is 1.51. The van der Waals surface area contributed by atoms with E-state index < -0.39 is 17.8 Å². The molecule has 0 aliphatic rings. The lowest BCUT2D eigenvalue weighted by Gasteiger charge is -2.24. The van der Waals surface area contributed by atoms with Crippen molar-refractivity contribution in [1.29, 1.82) is 0 Å². The van der Waals surface area contributed by atoms with Crippen LogP contribution >= 0.6 is 0 Å². The van der Waals surface area contributed by atoms with Crippen LogP contribution in [0.1, 0.15) is 22.5 Å². The van der Waals surface area contributed by atoms with Crippen LogP contribution in [0.25, 0.3) is 0 Å². The van der Waals surface area contributed by atoms with Gasteiger partial charge in [-0.15, -0.1) is 0 Å². The molecule has 4 aromatic rings. The minimum atomic E-state index is -4.60. The zero-order chi connectivity index (χ0) is 24.7. The monoisotopic (exact) mass is 480 g/mol. The highest BCUT2D eigenvalue weighted by Crippen LogP contribution is 2.34. The molecule has 5 nitrogen and oxygen atoms in total. The number of halogens is 3. The highest BCUT2D eigenvalue weighted by Gasteiger charge is 2.34. The van der Waals surface area contributed by atoms with Gasteiger partial charge in [0.15, 0.2) is 0 Å². The molecule has 0 aliphatic heterocycles. The van der Waals surface area contributed by atoms with E-state index in [4.69, 9.17) is 9.15 Å². The van der Waals surface area contributed by atoms with Gasteiger partial charge in [-0.25, -0.2) is 4.79 Å². The first-order valence-corrected chi connectivity index (χ1v) is 10.9. The van der Waals surface area contributed by atoms with Crippen LogP contribution in [-0.4, -0.2) is 10.9 Å². The van der Waals surface area contributed by atoms with Crippen LogP contribution in [0.5, 0.6) is 5.75 Å². The van der Waals surface area contributed by atoms with E-state index >= 15 is 0 Å². The standard InChI is InChI=1S/C27H23F3N2O3/c28-27(29,30)24-13-4-5-14-25(24)31-26(33)32(18-23-12-7-15-34-23)17-21-10-6-11-22(16-21)35-19-20-8-2-1-3-9-20/h1-16H,17-19H2,(H,31,33). The van der Waals surface area contributed by atoms with Crippen molar-refractivity contribution in [3.8, 4) is 5.75 Å². The van der Waals surface area contributed by atoms with Gasteiger partial charge in [0.2, 0.25) is 0 Å². The Hall–Kier alpha value is -4.20. The maximum absolute atomic E-state index is 13.4. The molecule has 0 saturated carbocycles. The highest BCUT2D eigenvalue weighted by atomic mass is 19.4. The average molecular weight is 480 g/mol. The van der Waals surface area contributed by atoms with E-state index in [1.54, 1.807) is 24.3 Å². The van der Waals surface area contributed by atoms with Crippen LogP contribution in [0.2, 0.25) is 0 Å². The normalized spacial score (nSPS) is 11.2. The predicted molar refractivity (Wildman–Crippen MR) is 126 cm³/mol. The highest BCUT2D eigenvalue weighted by molar-refractivity contribution is 5.90. The van der Waals surface area contributed by atoms with Crippen LogP contribution in [-0.2, 0) is 25.9 Å². The summed E-state index contributed by atoms with van der Waals surface area (Å²) in [6, 6.07) is 24.5. The number of benzene rings is 3. The van der Waals surface area contributed by atoms with Gasteiger partial charge in [0.05, 0.1) is 24.1 Å². The topological polar surface area (TPSA) is 54.7 Å². The molecule has 1 heterocycles. The molecule has 3 aromatic carbocycles. The number of nitrogens with one attached hydrogen (secondary N) is 1. The second-order valence-electron chi connectivity index (χ2n) is 7.83. The van der Waals surface area contributed by atoms with E-state index in [-0.39, 0.29) is 18.8 Å². The van der Waals surface area contributed by atoms with Gasteiger partial charge in [0.1, 0.15) is 18.1 Å². The third kappa shape index (κ3) is 6.66. The Morgan fingerprint density at radius 1 is 0.857 bits per heavy atom. The number of para-hydroxylation sites is 1. The van der Waals surface area contributed by atoms with E-state index in [9.17, 15) is 18.0 Å². The van der Waals surface area contributed by atoms with Gasteiger partial charge < -0.3 is 19.4 Å². The fourth-order valence-corrected chi connectivity index (χ4v) is 3.52. The summed E-state index contributed by atoms with van der Waals surface area (Å²) in [7, 11) is 0. The number of carbonyl (C=O) groups is 1. The number of rotatable bonds is 8. The molecule has 1 N–H and O–H groups in total. The Kier molecular flexibility index (Phi) is 7.40. The van der Waals surface area contributed by atoms with Crippen LogP contribution < -0.4 is 10.1 Å². The Labute approximate surface area is 200 Å². The molecule has 0 bridgehead atoms. The van der Waals surface area contributed by atoms with Gasteiger partial charge in [-0.05, 0) is 47.5 Å². The zero-order valence-corrected chi connectivity index (χ0v) is 18.7. The number of alkyl halides is 3. The second-order valence-corrected chi connectivity index (χ2v) is 7.83. The first-order valence-electron chi connectivity index (χ1n) is 10.9. The average Bonchev–Trinajstić information content (AvgIpc) is 3.36. The third-order valence-corrected chi connectivity index (χ3v) is 5.21. The van der Waals surface area contributed by atoms with Crippen molar-refractivity contribution in [3.05, 3.63) is 120 Å².